The summed E-state index contributed by atoms with van der Waals surface area (Å²) in [5.41, 5.74) is 2.89. The van der Waals surface area contributed by atoms with Crippen LogP contribution in [0.3, 0.4) is 0 Å². The number of nitrogens with one attached hydrogen (secondary N) is 1. The van der Waals surface area contributed by atoms with Crippen LogP contribution in [0.25, 0.3) is 0 Å². The van der Waals surface area contributed by atoms with Crippen molar-refractivity contribution in [3.05, 3.63) is 41.2 Å². The number of carboxylic acids is 1. The average Bonchev–Trinajstić information content (AvgIpc) is 2.73. The van der Waals surface area contributed by atoms with Crippen molar-refractivity contribution >= 4 is 29.5 Å². The van der Waals surface area contributed by atoms with Crippen LogP contribution >= 0.6 is 0 Å². The highest BCUT2D eigenvalue weighted by molar-refractivity contribution is 5.71. The monoisotopic (exact) mass is 411 g/mol. The first-order valence-corrected chi connectivity index (χ1v) is 10.0. The minimum Gasteiger partial charge on any atom is -0.481 e. The van der Waals surface area contributed by atoms with E-state index in [1.807, 2.05) is 25.1 Å². The summed E-state index contributed by atoms with van der Waals surface area (Å²) >= 11 is 0. The third-order valence-electron chi connectivity index (χ3n) is 5.18. The van der Waals surface area contributed by atoms with Crippen molar-refractivity contribution in [2.24, 2.45) is 4.99 Å². The van der Waals surface area contributed by atoms with Crippen LogP contribution in [0.5, 0.6) is 0 Å². The third kappa shape index (κ3) is 4.58. The fourth-order valence-electron chi connectivity index (χ4n) is 3.72. The second-order valence-electron chi connectivity index (χ2n) is 7.50. The summed E-state index contributed by atoms with van der Waals surface area (Å²) in [5, 5.41) is 22.6. The number of carboxylic acid groups (broad SMARTS) is 1. The van der Waals surface area contributed by atoms with Crippen LogP contribution in [0.2, 0.25) is 0 Å². The Morgan fingerprint density at radius 3 is 3.00 bits per heavy atom. The highest BCUT2D eigenvalue weighted by Gasteiger charge is 2.22. The molecule has 9 nitrogen and oxygen atoms in total. The number of aliphatic imine (C=N–C) groups is 1. The van der Waals surface area contributed by atoms with Gasteiger partial charge in [0.25, 0.3) is 0 Å². The van der Waals surface area contributed by atoms with E-state index in [1.165, 1.54) is 0 Å². The lowest BCUT2D eigenvalue weighted by Crippen LogP contribution is -2.41. The quantitative estimate of drug-likeness (QED) is 0.661. The topological polar surface area (TPSA) is 120 Å². The number of aryl methyl sites for hydroxylation is 1. The van der Waals surface area contributed by atoms with Crippen LogP contribution in [0.4, 0.5) is 17.3 Å². The first kappa shape index (κ1) is 20.2. The third-order valence-corrected chi connectivity index (χ3v) is 5.18. The molecule has 0 bridgehead atoms. The van der Waals surface area contributed by atoms with E-state index in [0.717, 1.165) is 30.2 Å². The first-order chi connectivity index (χ1) is 14.5. The predicted molar refractivity (Wildman–Crippen MR) is 112 cm³/mol. The number of pyridine rings is 2. The van der Waals surface area contributed by atoms with Crippen molar-refractivity contribution in [3.63, 3.8) is 0 Å². The van der Waals surface area contributed by atoms with E-state index in [9.17, 15) is 9.90 Å². The van der Waals surface area contributed by atoms with Crippen LogP contribution < -0.4 is 10.2 Å². The van der Waals surface area contributed by atoms with E-state index in [2.05, 4.69) is 25.2 Å². The lowest BCUT2D eigenvalue weighted by atomic mass is 10.00. The first-order valence-electron chi connectivity index (χ1n) is 10.0. The van der Waals surface area contributed by atoms with Gasteiger partial charge in [-0.2, -0.15) is 0 Å². The average molecular weight is 411 g/mol. The molecule has 9 heteroatoms. The molecule has 158 valence electrons. The maximum atomic E-state index is 10.9. The van der Waals surface area contributed by atoms with Crippen molar-refractivity contribution in [2.75, 3.05) is 29.9 Å². The molecule has 1 saturated heterocycles. The largest absolute Gasteiger partial charge is 0.481 e. The molecule has 0 aliphatic carbocycles. The normalized spacial score (nSPS) is 20.7. The van der Waals surface area contributed by atoms with Crippen molar-refractivity contribution in [3.8, 4) is 0 Å². The second kappa shape index (κ2) is 8.76. The number of aromatic nitrogens is 2. The molecule has 3 N–H and O–H groups in total. The Hall–Kier alpha value is -3.04. The number of hydrogen-bond acceptors (Lipinski definition) is 8. The maximum Gasteiger partial charge on any atom is 0.303 e. The summed E-state index contributed by atoms with van der Waals surface area (Å²) in [4.78, 5) is 26.3. The van der Waals surface area contributed by atoms with E-state index in [4.69, 9.17) is 9.84 Å². The van der Waals surface area contributed by atoms with Gasteiger partial charge in [-0.25, -0.2) is 9.97 Å². The summed E-state index contributed by atoms with van der Waals surface area (Å²) in [6.45, 7) is 4.32. The zero-order chi connectivity index (χ0) is 21.1. The number of carbonyl (C=O) groups is 1. The second-order valence-corrected chi connectivity index (χ2v) is 7.50. The van der Waals surface area contributed by atoms with Crippen LogP contribution in [0.15, 0.2) is 29.4 Å². The Balaban J connectivity index is 1.57. The standard InChI is InChI=1S/C21H25N5O4/c1-13-12-26(8-9-30-13)17-4-2-16(11-23-17)25-20-19-14(6-7-22-21(19)29)10-15(24-20)3-5-18(27)28/h2,4,7,10-11,13,21,29H,3,5-6,8-9,12H2,1H3,(H,24,25)(H,27,28). The van der Waals surface area contributed by atoms with E-state index in [-0.39, 0.29) is 12.5 Å². The fraction of sp³-hybridized carbons (Fsp3) is 0.429. The number of aliphatic hydroxyl groups is 1. The van der Waals surface area contributed by atoms with Crippen molar-refractivity contribution < 1.29 is 19.7 Å². The van der Waals surface area contributed by atoms with Crippen molar-refractivity contribution in [1.29, 1.82) is 0 Å². The zero-order valence-corrected chi connectivity index (χ0v) is 16.8. The van der Waals surface area contributed by atoms with E-state index >= 15 is 0 Å². The van der Waals surface area contributed by atoms with E-state index in [1.54, 1.807) is 12.4 Å². The molecule has 2 aliphatic heterocycles. The van der Waals surface area contributed by atoms with E-state index in [0.29, 0.717) is 36.5 Å². The fourth-order valence-corrected chi connectivity index (χ4v) is 3.72. The van der Waals surface area contributed by atoms with Gasteiger partial charge in [0, 0.05) is 43.4 Å². The number of anilines is 3. The Morgan fingerprint density at radius 1 is 1.40 bits per heavy atom. The molecule has 30 heavy (non-hydrogen) atoms. The molecule has 4 heterocycles. The SMILES string of the molecule is CC1CN(c2ccc(Nc3nc(CCC(=O)O)cc4c3C(O)N=CC4)cn2)CCO1. The summed E-state index contributed by atoms with van der Waals surface area (Å²) in [7, 11) is 0. The van der Waals surface area contributed by atoms with Gasteiger partial charge >= 0.3 is 5.97 Å². The van der Waals surface area contributed by atoms with Crippen molar-refractivity contribution in [2.45, 2.75) is 38.5 Å². The number of hydrogen-bond donors (Lipinski definition) is 3. The summed E-state index contributed by atoms with van der Waals surface area (Å²) < 4.78 is 5.58. The van der Waals surface area contributed by atoms with Gasteiger partial charge in [0.2, 0.25) is 0 Å². The minimum atomic E-state index is -1.00. The van der Waals surface area contributed by atoms with Crippen LogP contribution in [-0.4, -0.2) is 58.2 Å². The molecule has 2 unspecified atom stereocenters. The van der Waals surface area contributed by atoms with Gasteiger partial charge in [-0.05, 0) is 30.7 Å². The van der Waals surface area contributed by atoms with Crippen LogP contribution in [0, 0.1) is 0 Å². The van der Waals surface area contributed by atoms with E-state index < -0.39 is 12.2 Å². The number of rotatable bonds is 6. The Morgan fingerprint density at radius 2 is 2.27 bits per heavy atom. The molecule has 2 aliphatic rings. The van der Waals surface area contributed by atoms with Crippen molar-refractivity contribution in [1.82, 2.24) is 9.97 Å². The molecule has 2 aromatic rings. The van der Waals surface area contributed by atoms with Gasteiger partial charge in [-0.3, -0.25) is 9.79 Å². The minimum absolute atomic E-state index is 0.00388. The van der Waals surface area contributed by atoms with Crippen LogP contribution in [-0.2, 0) is 22.4 Å². The smallest absolute Gasteiger partial charge is 0.303 e. The summed E-state index contributed by atoms with van der Waals surface area (Å²) in [6, 6.07) is 5.70. The number of morpholine rings is 1. The highest BCUT2D eigenvalue weighted by atomic mass is 16.5. The maximum absolute atomic E-state index is 10.9. The molecule has 0 radical (unpaired) electrons. The molecule has 0 aromatic carbocycles. The molecular weight excluding hydrogens is 386 g/mol. The van der Waals surface area contributed by atoms with Gasteiger partial charge < -0.3 is 25.2 Å². The highest BCUT2D eigenvalue weighted by Crippen LogP contribution is 2.32. The molecule has 2 atom stereocenters. The number of fused-ring (bicyclic) bond motifs is 1. The van der Waals surface area contributed by atoms with Crippen LogP contribution in [0.1, 0.15) is 36.4 Å². The summed E-state index contributed by atoms with van der Waals surface area (Å²) in [5.74, 6) is 0.486. The molecule has 4 rings (SSSR count). The van der Waals surface area contributed by atoms with Gasteiger partial charge in [0.15, 0.2) is 6.23 Å². The van der Waals surface area contributed by atoms with Gasteiger partial charge in [-0.1, -0.05) is 0 Å². The molecule has 0 saturated carbocycles. The number of aliphatic hydroxyl groups excluding tert-OH is 1. The Kier molecular flexibility index (Phi) is 5.91. The van der Waals surface area contributed by atoms with Gasteiger partial charge in [0.05, 0.1) is 31.0 Å². The number of nitrogens with zero attached hydrogens (tertiary/aromatic N) is 4. The number of aliphatic carboxylic acids is 1. The number of ether oxygens (including phenoxy) is 1. The Labute approximate surface area is 174 Å². The summed E-state index contributed by atoms with van der Waals surface area (Å²) in [6.07, 6.45) is 3.44. The van der Waals surface area contributed by atoms with Gasteiger partial charge in [0.1, 0.15) is 11.6 Å². The molecule has 1 fully saturated rings. The predicted octanol–water partition coefficient (Wildman–Crippen LogP) is 2.08. The lowest BCUT2D eigenvalue weighted by molar-refractivity contribution is -0.136. The Bertz CT molecular complexity index is 947. The molecule has 0 spiro atoms. The molecule has 2 aromatic heterocycles. The van der Waals surface area contributed by atoms with Gasteiger partial charge in [-0.15, -0.1) is 0 Å². The molecular formula is C21H25N5O4. The lowest BCUT2D eigenvalue weighted by Gasteiger charge is -2.32. The zero-order valence-electron chi connectivity index (χ0n) is 16.8. The molecule has 0 amide bonds.